The average molecular weight is 388 g/mol. The van der Waals surface area contributed by atoms with Crippen LogP contribution in [0.4, 0.5) is 0 Å². The van der Waals surface area contributed by atoms with Gasteiger partial charge in [-0.3, -0.25) is 4.79 Å². The molecular formula is C18H21Cl3N2O. The second-order valence-corrected chi connectivity index (χ2v) is 6.46. The van der Waals surface area contributed by atoms with Crippen molar-refractivity contribution in [3.8, 4) is 0 Å². The maximum absolute atomic E-state index is 12.3. The minimum atomic E-state index is -0.0971. The molecule has 0 radical (unpaired) electrons. The molecule has 0 saturated heterocycles. The number of carbonyl (C=O) groups excluding carboxylic acids is 1. The zero-order valence-corrected chi connectivity index (χ0v) is 15.7. The Bertz CT molecular complexity index is 665. The fourth-order valence-electron chi connectivity index (χ4n) is 2.39. The topological polar surface area (TPSA) is 46.3 Å². The van der Waals surface area contributed by atoms with Crippen molar-refractivity contribution in [2.24, 2.45) is 5.73 Å². The molecule has 0 aliphatic heterocycles. The highest BCUT2D eigenvalue weighted by Gasteiger charge is 2.14. The first kappa shape index (κ1) is 20.8. The number of amides is 1. The molecule has 2 aromatic rings. The molecule has 24 heavy (non-hydrogen) atoms. The van der Waals surface area contributed by atoms with Crippen LogP contribution in [0.2, 0.25) is 10.0 Å². The van der Waals surface area contributed by atoms with Crippen LogP contribution in [0.3, 0.4) is 0 Å². The van der Waals surface area contributed by atoms with Crippen molar-refractivity contribution >= 4 is 41.5 Å². The SMILES string of the molecule is CN(C[C@@H](N)Cc1ccccc1)C(=O)Cc1ccc(Cl)c(Cl)c1.Cl. The van der Waals surface area contributed by atoms with Crippen LogP contribution in [0.5, 0.6) is 0 Å². The monoisotopic (exact) mass is 386 g/mol. The van der Waals surface area contributed by atoms with Crippen molar-refractivity contribution in [3.63, 3.8) is 0 Å². The Kier molecular flexibility index (Phi) is 8.57. The largest absolute Gasteiger partial charge is 0.344 e. The standard InChI is InChI=1S/C18H20Cl2N2O.ClH/c1-22(12-15(21)9-13-5-3-2-4-6-13)18(23)11-14-7-8-16(19)17(20)10-14;/h2-8,10,15H,9,11-12,21H2,1H3;1H/t15-;/m0./s1. The van der Waals surface area contributed by atoms with E-state index in [0.717, 1.165) is 12.0 Å². The molecule has 130 valence electrons. The summed E-state index contributed by atoms with van der Waals surface area (Å²) in [7, 11) is 1.77. The fraction of sp³-hybridized carbons (Fsp3) is 0.278. The van der Waals surface area contributed by atoms with Gasteiger partial charge >= 0.3 is 0 Å². The van der Waals surface area contributed by atoms with Crippen molar-refractivity contribution in [2.45, 2.75) is 18.9 Å². The van der Waals surface area contributed by atoms with E-state index in [2.05, 4.69) is 0 Å². The summed E-state index contributed by atoms with van der Waals surface area (Å²) in [5, 5.41) is 0.946. The van der Waals surface area contributed by atoms with Gasteiger partial charge in [0, 0.05) is 19.6 Å². The summed E-state index contributed by atoms with van der Waals surface area (Å²) in [6.45, 7) is 0.509. The fourth-order valence-corrected chi connectivity index (χ4v) is 2.71. The minimum Gasteiger partial charge on any atom is -0.344 e. The predicted molar refractivity (Wildman–Crippen MR) is 103 cm³/mol. The van der Waals surface area contributed by atoms with Crippen LogP contribution in [0.15, 0.2) is 48.5 Å². The third-order valence-electron chi connectivity index (χ3n) is 3.61. The van der Waals surface area contributed by atoms with Crippen LogP contribution < -0.4 is 5.73 Å². The Balaban J connectivity index is 0.00000288. The normalized spacial score (nSPS) is 11.5. The number of halogens is 3. The molecule has 1 amide bonds. The molecule has 3 nitrogen and oxygen atoms in total. The maximum atomic E-state index is 12.3. The number of hydrogen-bond donors (Lipinski definition) is 1. The molecule has 0 spiro atoms. The van der Waals surface area contributed by atoms with E-state index in [0.29, 0.717) is 16.6 Å². The van der Waals surface area contributed by atoms with Crippen molar-refractivity contribution in [1.29, 1.82) is 0 Å². The minimum absolute atomic E-state index is 0. The quantitative estimate of drug-likeness (QED) is 0.814. The highest BCUT2D eigenvalue weighted by Crippen LogP contribution is 2.23. The zero-order chi connectivity index (χ0) is 16.8. The molecule has 0 bridgehead atoms. The van der Waals surface area contributed by atoms with Crippen molar-refractivity contribution in [2.75, 3.05) is 13.6 Å². The van der Waals surface area contributed by atoms with Gasteiger partial charge in [0.05, 0.1) is 16.5 Å². The van der Waals surface area contributed by atoms with Gasteiger partial charge in [-0.1, -0.05) is 59.6 Å². The van der Waals surface area contributed by atoms with E-state index in [1.807, 2.05) is 36.4 Å². The third kappa shape index (κ3) is 6.33. The lowest BCUT2D eigenvalue weighted by Gasteiger charge is -2.22. The lowest BCUT2D eigenvalue weighted by atomic mass is 10.1. The molecular weight excluding hydrogens is 367 g/mol. The van der Waals surface area contributed by atoms with E-state index in [-0.39, 0.29) is 30.8 Å². The van der Waals surface area contributed by atoms with E-state index < -0.39 is 0 Å². The van der Waals surface area contributed by atoms with Gasteiger partial charge in [-0.25, -0.2) is 0 Å². The number of carbonyl (C=O) groups is 1. The smallest absolute Gasteiger partial charge is 0.226 e. The van der Waals surface area contributed by atoms with Crippen LogP contribution in [0.1, 0.15) is 11.1 Å². The summed E-state index contributed by atoms with van der Waals surface area (Å²) in [6.07, 6.45) is 1.02. The van der Waals surface area contributed by atoms with Crippen molar-refractivity contribution in [1.82, 2.24) is 4.90 Å². The molecule has 0 fully saturated rings. The molecule has 2 aromatic carbocycles. The van der Waals surface area contributed by atoms with Crippen LogP contribution in [-0.4, -0.2) is 30.4 Å². The number of rotatable bonds is 6. The molecule has 0 aliphatic carbocycles. The molecule has 6 heteroatoms. The van der Waals surface area contributed by atoms with E-state index in [1.165, 1.54) is 5.56 Å². The Morgan fingerprint density at radius 2 is 1.75 bits per heavy atom. The zero-order valence-electron chi connectivity index (χ0n) is 13.4. The van der Waals surface area contributed by atoms with Crippen LogP contribution in [0, 0.1) is 0 Å². The summed E-state index contributed by atoms with van der Waals surface area (Å²) in [5.41, 5.74) is 8.16. The molecule has 0 saturated carbocycles. The second kappa shape index (κ2) is 9.90. The van der Waals surface area contributed by atoms with Gasteiger partial charge in [-0.05, 0) is 29.7 Å². The van der Waals surface area contributed by atoms with Crippen molar-refractivity contribution in [3.05, 3.63) is 69.7 Å². The summed E-state index contributed by atoms with van der Waals surface area (Å²) in [5.74, 6) is 0.00639. The molecule has 1 atom stereocenters. The Morgan fingerprint density at radius 1 is 1.08 bits per heavy atom. The van der Waals surface area contributed by atoms with E-state index >= 15 is 0 Å². The molecule has 2 N–H and O–H groups in total. The average Bonchev–Trinajstić information content (AvgIpc) is 2.51. The number of nitrogens with zero attached hydrogens (tertiary/aromatic N) is 1. The highest BCUT2D eigenvalue weighted by molar-refractivity contribution is 6.42. The van der Waals surface area contributed by atoms with Crippen LogP contribution in [-0.2, 0) is 17.6 Å². The van der Waals surface area contributed by atoms with Gasteiger partial charge in [0.25, 0.3) is 0 Å². The first-order valence-corrected chi connectivity index (χ1v) is 8.18. The van der Waals surface area contributed by atoms with E-state index in [1.54, 1.807) is 24.1 Å². The van der Waals surface area contributed by atoms with Gasteiger partial charge in [-0.2, -0.15) is 0 Å². The van der Waals surface area contributed by atoms with Gasteiger partial charge in [0.1, 0.15) is 0 Å². The number of nitrogens with two attached hydrogens (primary N) is 1. The lowest BCUT2D eigenvalue weighted by molar-refractivity contribution is -0.129. The maximum Gasteiger partial charge on any atom is 0.226 e. The van der Waals surface area contributed by atoms with Crippen LogP contribution in [0.25, 0.3) is 0 Å². The van der Waals surface area contributed by atoms with Gasteiger partial charge in [0.2, 0.25) is 5.91 Å². The first-order valence-electron chi connectivity index (χ1n) is 7.43. The summed E-state index contributed by atoms with van der Waals surface area (Å²) in [6, 6.07) is 15.2. The Hall–Kier alpha value is -1.26. The first-order chi connectivity index (χ1) is 11.0. The Labute approximate surface area is 159 Å². The number of likely N-dealkylation sites (N-methyl/N-ethyl adjacent to an activating group) is 1. The molecule has 0 aromatic heterocycles. The molecule has 0 unspecified atom stereocenters. The van der Waals surface area contributed by atoms with Gasteiger partial charge < -0.3 is 10.6 Å². The summed E-state index contributed by atoms with van der Waals surface area (Å²) in [4.78, 5) is 14.0. The summed E-state index contributed by atoms with van der Waals surface area (Å²) < 4.78 is 0. The lowest BCUT2D eigenvalue weighted by Crippen LogP contribution is -2.40. The predicted octanol–water partition coefficient (Wildman–Crippen LogP) is 3.99. The third-order valence-corrected chi connectivity index (χ3v) is 4.35. The van der Waals surface area contributed by atoms with Crippen LogP contribution >= 0.6 is 35.6 Å². The number of hydrogen-bond acceptors (Lipinski definition) is 2. The Morgan fingerprint density at radius 3 is 2.38 bits per heavy atom. The molecule has 0 aliphatic rings. The van der Waals surface area contributed by atoms with E-state index in [4.69, 9.17) is 28.9 Å². The second-order valence-electron chi connectivity index (χ2n) is 5.65. The summed E-state index contributed by atoms with van der Waals surface area (Å²) >= 11 is 11.9. The van der Waals surface area contributed by atoms with Gasteiger partial charge in [0.15, 0.2) is 0 Å². The molecule has 0 heterocycles. The van der Waals surface area contributed by atoms with Gasteiger partial charge in [-0.15, -0.1) is 12.4 Å². The molecule has 2 rings (SSSR count). The van der Waals surface area contributed by atoms with E-state index in [9.17, 15) is 4.79 Å². The highest BCUT2D eigenvalue weighted by atomic mass is 35.5. The van der Waals surface area contributed by atoms with Crippen molar-refractivity contribution < 1.29 is 4.79 Å². The number of benzene rings is 2.